The highest BCUT2D eigenvalue weighted by Gasteiger charge is 2.13. The lowest BCUT2D eigenvalue weighted by Gasteiger charge is -1.97. The van der Waals surface area contributed by atoms with Crippen molar-refractivity contribution in [2.45, 2.75) is 0 Å². The molecule has 0 amide bonds. The number of ether oxygens (including phenoxy) is 1. The Morgan fingerprint density at radius 2 is 2.43 bits per heavy atom. The van der Waals surface area contributed by atoms with Crippen LogP contribution < -0.4 is 0 Å². The fourth-order valence-corrected chi connectivity index (χ4v) is 2.48. The SMILES string of the molecule is COC(=O)c1ccnc2nc(Br)sc12. The zero-order valence-corrected chi connectivity index (χ0v) is 9.55. The quantitative estimate of drug-likeness (QED) is 0.748. The minimum atomic E-state index is -0.367. The van der Waals surface area contributed by atoms with E-state index < -0.39 is 0 Å². The highest BCUT2D eigenvalue weighted by atomic mass is 79.9. The summed E-state index contributed by atoms with van der Waals surface area (Å²) < 4.78 is 6.10. The zero-order chi connectivity index (χ0) is 10.1. The number of pyridine rings is 1. The van der Waals surface area contributed by atoms with E-state index in [4.69, 9.17) is 0 Å². The number of hydrogen-bond acceptors (Lipinski definition) is 5. The molecule has 0 aromatic carbocycles. The molecule has 6 heteroatoms. The van der Waals surface area contributed by atoms with E-state index in [0.717, 1.165) is 4.70 Å². The first-order valence-corrected chi connectivity index (χ1v) is 5.32. The summed E-state index contributed by atoms with van der Waals surface area (Å²) >= 11 is 4.61. The van der Waals surface area contributed by atoms with E-state index in [1.165, 1.54) is 18.4 Å². The van der Waals surface area contributed by atoms with Crippen molar-refractivity contribution >= 4 is 43.6 Å². The molecule has 2 aromatic rings. The van der Waals surface area contributed by atoms with Crippen LogP contribution in [0, 0.1) is 0 Å². The number of fused-ring (bicyclic) bond motifs is 1. The number of nitrogens with zero attached hydrogens (tertiary/aromatic N) is 2. The van der Waals surface area contributed by atoms with Gasteiger partial charge in [-0.2, -0.15) is 0 Å². The summed E-state index contributed by atoms with van der Waals surface area (Å²) in [5.41, 5.74) is 1.06. The normalized spacial score (nSPS) is 10.4. The monoisotopic (exact) mass is 272 g/mol. The fraction of sp³-hybridized carbons (Fsp3) is 0.125. The molecule has 2 rings (SSSR count). The molecule has 0 fully saturated rings. The molecule has 0 aliphatic heterocycles. The number of thiazole rings is 1. The van der Waals surface area contributed by atoms with Crippen molar-refractivity contribution in [1.29, 1.82) is 0 Å². The fourth-order valence-electron chi connectivity index (χ4n) is 1.08. The number of carbonyl (C=O) groups excluding carboxylic acids is 1. The molecule has 0 atom stereocenters. The predicted octanol–water partition coefficient (Wildman–Crippen LogP) is 2.24. The van der Waals surface area contributed by atoms with E-state index in [2.05, 4.69) is 30.6 Å². The Bertz CT molecular complexity index is 497. The number of carbonyl (C=O) groups is 1. The summed E-state index contributed by atoms with van der Waals surface area (Å²) in [5, 5.41) is 0. The van der Waals surface area contributed by atoms with E-state index in [0.29, 0.717) is 15.1 Å². The summed E-state index contributed by atoms with van der Waals surface area (Å²) in [7, 11) is 1.35. The summed E-state index contributed by atoms with van der Waals surface area (Å²) in [6, 6.07) is 1.62. The van der Waals surface area contributed by atoms with Crippen molar-refractivity contribution in [3.8, 4) is 0 Å². The van der Waals surface area contributed by atoms with Crippen molar-refractivity contribution in [2.24, 2.45) is 0 Å². The van der Waals surface area contributed by atoms with E-state index in [-0.39, 0.29) is 5.97 Å². The number of methoxy groups -OCH3 is 1. The van der Waals surface area contributed by atoms with Crippen LogP contribution in [0.25, 0.3) is 10.3 Å². The molecule has 0 N–H and O–H groups in total. The van der Waals surface area contributed by atoms with Crippen LogP contribution in [-0.4, -0.2) is 23.0 Å². The van der Waals surface area contributed by atoms with Gasteiger partial charge in [0.1, 0.15) is 0 Å². The third-order valence-electron chi connectivity index (χ3n) is 1.67. The van der Waals surface area contributed by atoms with Crippen molar-refractivity contribution in [2.75, 3.05) is 7.11 Å². The molecule has 2 aromatic heterocycles. The van der Waals surface area contributed by atoms with Gasteiger partial charge in [0.2, 0.25) is 0 Å². The number of esters is 1. The Hall–Kier alpha value is -1.01. The summed E-state index contributed by atoms with van der Waals surface area (Å²) in [6.45, 7) is 0. The Morgan fingerprint density at radius 3 is 3.14 bits per heavy atom. The van der Waals surface area contributed by atoms with Gasteiger partial charge in [-0.05, 0) is 22.0 Å². The van der Waals surface area contributed by atoms with Gasteiger partial charge in [0.15, 0.2) is 9.56 Å². The topological polar surface area (TPSA) is 52.1 Å². The lowest BCUT2D eigenvalue weighted by atomic mass is 10.3. The molecular formula is C8H5BrN2O2S. The van der Waals surface area contributed by atoms with Gasteiger partial charge < -0.3 is 4.74 Å². The first-order valence-electron chi connectivity index (χ1n) is 3.71. The van der Waals surface area contributed by atoms with Gasteiger partial charge in [0.05, 0.1) is 17.4 Å². The predicted molar refractivity (Wildman–Crippen MR) is 56.5 cm³/mol. The smallest absolute Gasteiger partial charge is 0.339 e. The molecule has 72 valence electrons. The first kappa shape index (κ1) is 9.54. The molecule has 0 radical (unpaired) electrons. The molecule has 0 saturated carbocycles. The second-order valence-corrected chi connectivity index (χ2v) is 4.74. The van der Waals surface area contributed by atoms with Crippen molar-refractivity contribution in [1.82, 2.24) is 9.97 Å². The Kier molecular flexibility index (Phi) is 2.47. The van der Waals surface area contributed by atoms with E-state index in [1.807, 2.05) is 0 Å². The average Bonchev–Trinajstić information content (AvgIpc) is 2.56. The summed E-state index contributed by atoms with van der Waals surface area (Å²) in [6.07, 6.45) is 1.54. The molecule has 0 aliphatic rings. The van der Waals surface area contributed by atoms with E-state index in [9.17, 15) is 4.79 Å². The second-order valence-electron chi connectivity index (χ2n) is 2.47. The van der Waals surface area contributed by atoms with Gasteiger partial charge in [0.25, 0.3) is 0 Å². The maximum atomic E-state index is 11.4. The van der Waals surface area contributed by atoms with Crippen LogP contribution in [0.4, 0.5) is 0 Å². The van der Waals surface area contributed by atoms with Crippen LogP contribution in [0.5, 0.6) is 0 Å². The van der Waals surface area contributed by atoms with Crippen molar-refractivity contribution < 1.29 is 9.53 Å². The summed E-state index contributed by atoms with van der Waals surface area (Å²) in [4.78, 5) is 19.5. The van der Waals surface area contributed by atoms with Gasteiger partial charge >= 0.3 is 5.97 Å². The van der Waals surface area contributed by atoms with Crippen LogP contribution in [0.1, 0.15) is 10.4 Å². The minimum absolute atomic E-state index is 0.367. The Morgan fingerprint density at radius 1 is 1.64 bits per heavy atom. The second kappa shape index (κ2) is 3.62. The molecule has 0 bridgehead atoms. The molecule has 2 heterocycles. The molecule has 0 saturated heterocycles. The summed E-state index contributed by atoms with van der Waals surface area (Å²) in [5.74, 6) is -0.367. The van der Waals surface area contributed by atoms with E-state index >= 15 is 0 Å². The maximum Gasteiger partial charge on any atom is 0.339 e. The average molecular weight is 273 g/mol. The van der Waals surface area contributed by atoms with Crippen LogP contribution >= 0.6 is 27.3 Å². The third-order valence-corrected chi connectivity index (χ3v) is 3.20. The maximum absolute atomic E-state index is 11.4. The largest absolute Gasteiger partial charge is 0.465 e. The molecular weight excluding hydrogens is 268 g/mol. The van der Waals surface area contributed by atoms with E-state index in [1.54, 1.807) is 12.3 Å². The molecule has 0 aliphatic carbocycles. The lowest BCUT2D eigenvalue weighted by Crippen LogP contribution is -2.01. The first-order chi connectivity index (χ1) is 6.72. The third kappa shape index (κ3) is 1.51. The molecule has 4 nitrogen and oxygen atoms in total. The van der Waals surface area contributed by atoms with Crippen LogP contribution in [0.2, 0.25) is 0 Å². The highest BCUT2D eigenvalue weighted by Crippen LogP contribution is 2.27. The Balaban J connectivity index is 2.70. The van der Waals surface area contributed by atoms with Gasteiger partial charge in [-0.3, -0.25) is 0 Å². The number of rotatable bonds is 1. The highest BCUT2D eigenvalue weighted by molar-refractivity contribution is 9.11. The van der Waals surface area contributed by atoms with Crippen LogP contribution in [-0.2, 0) is 4.74 Å². The molecule has 0 unspecified atom stereocenters. The Labute approximate surface area is 92.1 Å². The molecule has 0 spiro atoms. The lowest BCUT2D eigenvalue weighted by molar-refractivity contribution is 0.0603. The molecule has 14 heavy (non-hydrogen) atoms. The zero-order valence-electron chi connectivity index (χ0n) is 7.15. The van der Waals surface area contributed by atoms with Gasteiger partial charge in [0, 0.05) is 6.20 Å². The number of hydrogen-bond donors (Lipinski definition) is 0. The van der Waals surface area contributed by atoms with Gasteiger partial charge in [-0.25, -0.2) is 14.8 Å². The minimum Gasteiger partial charge on any atom is -0.465 e. The van der Waals surface area contributed by atoms with Gasteiger partial charge in [-0.1, -0.05) is 0 Å². The number of halogens is 1. The van der Waals surface area contributed by atoms with Crippen molar-refractivity contribution in [3.63, 3.8) is 0 Å². The van der Waals surface area contributed by atoms with Crippen molar-refractivity contribution in [3.05, 3.63) is 21.7 Å². The van der Waals surface area contributed by atoms with Crippen LogP contribution in [0.15, 0.2) is 16.2 Å². The standard InChI is InChI=1S/C8H5BrN2O2S/c1-13-7(12)4-2-3-10-6-5(4)14-8(9)11-6/h2-3H,1H3. The van der Waals surface area contributed by atoms with Gasteiger partial charge in [-0.15, -0.1) is 11.3 Å². The van der Waals surface area contributed by atoms with Crippen LogP contribution in [0.3, 0.4) is 0 Å². The number of aromatic nitrogens is 2.